The molecule has 20 heavy (non-hydrogen) atoms. The molecule has 1 saturated heterocycles. The SMILES string of the molecule is Cc1nc(C2CCS(=O)(=O)C2)nc(C)c1CNC1CC1. The van der Waals surface area contributed by atoms with Crippen LogP contribution in [-0.2, 0) is 16.4 Å². The third-order valence-electron chi connectivity index (χ3n) is 4.18. The third kappa shape index (κ3) is 3.01. The molecule has 1 aromatic rings. The number of aromatic nitrogens is 2. The lowest BCUT2D eigenvalue weighted by molar-refractivity contribution is 0.600. The van der Waals surface area contributed by atoms with Crippen LogP contribution in [0.5, 0.6) is 0 Å². The van der Waals surface area contributed by atoms with Crippen molar-refractivity contribution in [1.29, 1.82) is 0 Å². The van der Waals surface area contributed by atoms with Gasteiger partial charge in [-0.25, -0.2) is 18.4 Å². The molecule has 5 nitrogen and oxygen atoms in total. The van der Waals surface area contributed by atoms with Crippen molar-refractivity contribution in [2.45, 2.75) is 51.6 Å². The fourth-order valence-electron chi connectivity index (χ4n) is 2.74. The number of aryl methyl sites for hydroxylation is 2. The van der Waals surface area contributed by atoms with Crippen molar-refractivity contribution in [2.75, 3.05) is 11.5 Å². The first-order valence-electron chi connectivity index (χ1n) is 7.22. The highest BCUT2D eigenvalue weighted by molar-refractivity contribution is 7.91. The van der Waals surface area contributed by atoms with E-state index < -0.39 is 9.84 Å². The molecule has 1 N–H and O–H groups in total. The van der Waals surface area contributed by atoms with Crippen LogP contribution in [-0.4, -0.2) is 35.9 Å². The molecular formula is C14H21N3O2S. The first-order valence-corrected chi connectivity index (χ1v) is 9.04. The van der Waals surface area contributed by atoms with Crippen LogP contribution in [0.25, 0.3) is 0 Å². The van der Waals surface area contributed by atoms with E-state index >= 15 is 0 Å². The lowest BCUT2D eigenvalue weighted by Gasteiger charge is -2.14. The molecule has 1 atom stereocenters. The van der Waals surface area contributed by atoms with Crippen molar-refractivity contribution in [1.82, 2.24) is 15.3 Å². The summed E-state index contributed by atoms with van der Waals surface area (Å²) in [7, 11) is -2.88. The summed E-state index contributed by atoms with van der Waals surface area (Å²) >= 11 is 0. The molecule has 0 radical (unpaired) electrons. The molecule has 2 fully saturated rings. The minimum atomic E-state index is -2.88. The standard InChI is InChI=1S/C14H21N3O2S/c1-9-13(7-15-12-3-4-12)10(2)17-14(16-9)11-5-6-20(18,19)8-11/h11-12,15H,3-8H2,1-2H3. The van der Waals surface area contributed by atoms with Crippen LogP contribution in [0.15, 0.2) is 0 Å². The number of nitrogens with one attached hydrogen (secondary N) is 1. The molecule has 0 spiro atoms. The highest BCUT2D eigenvalue weighted by Gasteiger charge is 2.31. The van der Waals surface area contributed by atoms with E-state index in [2.05, 4.69) is 15.3 Å². The minimum absolute atomic E-state index is 0.0251. The zero-order valence-electron chi connectivity index (χ0n) is 12.0. The Bertz CT molecular complexity index is 600. The molecule has 1 aromatic heterocycles. The Morgan fingerprint density at radius 1 is 1.15 bits per heavy atom. The molecule has 2 heterocycles. The molecular weight excluding hydrogens is 274 g/mol. The Morgan fingerprint density at radius 2 is 1.80 bits per heavy atom. The number of rotatable bonds is 4. The second-order valence-corrected chi connectivity index (χ2v) is 8.22. The normalized spacial score (nSPS) is 25.0. The molecule has 2 aliphatic rings. The highest BCUT2D eigenvalue weighted by atomic mass is 32.2. The van der Waals surface area contributed by atoms with E-state index in [1.807, 2.05) is 13.8 Å². The molecule has 110 valence electrons. The molecule has 0 bridgehead atoms. The topological polar surface area (TPSA) is 72.0 Å². The summed E-state index contributed by atoms with van der Waals surface area (Å²) < 4.78 is 23.1. The van der Waals surface area contributed by atoms with Gasteiger partial charge in [0, 0.05) is 35.5 Å². The molecule has 6 heteroatoms. The summed E-state index contributed by atoms with van der Waals surface area (Å²) in [6.45, 7) is 4.79. The molecule has 0 amide bonds. The van der Waals surface area contributed by atoms with Gasteiger partial charge >= 0.3 is 0 Å². The van der Waals surface area contributed by atoms with Crippen molar-refractivity contribution in [3.63, 3.8) is 0 Å². The zero-order chi connectivity index (χ0) is 14.3. The Labute approximate surface area is 120 Å². The molecule has 1 saturated carbocycles. The van der Waals surface area contributed by atoms with Crippen LogP contribution in [0, 0.1) is 13.8 Å². The van der Waals surface area contributed by atoms with Gasteiger partial charge in [-0.15, -0.1) is 0 Å². The average molecular weight is 295 g/mol. The predicted molar refractivity (Wildman–Crippen MR) is 77.4 cm³/mol. The largest absolute Gasteiger partial charge is 0.310 e. The summed E-state index contributed by atoms with van der Waals surface area (Å²) in [5, 5.41) is 3.48. The summed E-state index contributed by atoms with van der Waals surface area (Å²) in [5.41, 5.74) is 3.11. The average Bonchev–Trinajstić information content (AvgIpc) is 3.11. The second kappa shape index (κ2) is 5.07. The number of hydrogen-bond acceptors (Lipinski definition) is 5. The van der Waals surface area contributed by atoms with Crippen LogP contribution in [0.3, 0.4) is 0 Å². The summed E-state index contributed by atoms with van der Waals surface area (Å²) in [5.74, 6) is 1.15. The monoisotopic (exact) mass is 295 g/mol. The van der Waals surface area contributed by atoms with Crippen molar-refractivity contribution < 1.29 is 8.42 Å². The maximum absolute atomic E-state index is 11.6. The van der Waals surface area contributed by atoms with E-state index in [1.54, 1.807) is 0 Å². The van der Waals surface area contributed by atoms with E-state index in [1.165, 1.54) is 12.8 Å². The lowest BCUT2D eigenvalue weighted by atomic mass is 10.1. The Hall–Kier alpha value is -1.01. The van der Waals surface area contributed by atoms with Gasteiger partial charge in [0.1, 0.15) is 5.82 Å². The van der Waals surface area contributed by atoms with Crippen LogP contribution < -0.4 is 5.32 Å². The minimum Gasteiger partial charge on any atom is -0.310 e. The van der Waals surface area contributed by atoms with Gasteiger partial charge in [-0.1, -0.05) is 0 Å². The van der Waals surface area contributed by atoms with Crippen LogP contribution in [0.4, 0.5) is 0 Å². The summed E-state index contributed by atoms with van der Waals surface area (Å²) in [6.07, 6.45) is 3.18. The van der Waals surface area contributed by atoms with E-state index in [4.69, 9.17) is 0 Å². The fourth-order valence-corrected chi connectivity index (χ4v) is 4.48. The smallest absolute Gasteiger partial charge is 0.151 e. The van der Waals surface area contributed by atoms with Crippen LogP contribution >= 0.6 is 0 Å². The van der Waals surface area contributed by atoms with E-state index in [0.717, 1.165) is 23.5 Å². The fraction of sp³-hybridized carbons (Fsp3) is 0.714. The molecule has 1 aliphatic heterocycles. The zero-order valence-corrected chi connectivity index (χ0v) is 12.8. The van der Waals surface area contributed by atoms with Crippen molar-refractivity contribution in [2.24, 2.45) is 0 Å². The Kier molecular flexibility index (Phi) is 3.54. The quantitative estimate of drug-likeness (QED) is 0.905. The molecule has 1 unspecified atom stereocenters. The predicted octanol–water partition coefficient (Wildman–Crippen LogP) is 1.25. The second-order valence-electron chi connectivity index (χ2n) is 5.99. The van der Waals surface area contributed by atoms with Gasteiger partial charge in [-0.3, -0.25) is 0 Å². The lowest BCUT2D eigenvalue weighted by Crippen LogP contribution is -2.19. The van der Waals surface area contributed by atoms with Gasteiger partial charge in [0.15, 0.2) is 9.84 Å². The van der Waals surface area contributed by atoms with Gasteiger partial charge in [-0.2, -0.15) is 0 Å². The third-order valence-corrected chi connectivity index (χ3v) is 5.95. The van der Waals surface area contributed by atoms with Crippen molar-refractivity contribution in [3.8, 4) is 0 Å². The number of sulfone groups is 1. The van der Waals surface area contributed by atoms with E-state index in [9.17, 15) is 8.42 Å². The first kappa shape index (κ1) is 13.9. The molecule has 3 rings (SSSR count). The summed E-state index contributed by atoms with van der Waals surface area (Å²) in [4.78, 5) is 9.13. The first-order chi connectivity index (χ1) is 9.44. The maximum Gasteiger partial charge on any atom is 0.151 e. The Morgan fingerprint density at radius 3 is 2.30 bits per heavy atom. The van der Waals surface area contributed by atoms with E-state index in [0.29, 0.717) is 18.3 Å². The van der Waals surface area contributed by atoms with Gasteiger partial charge in [0.25, 0.3) is 0 Å². The van der Waals surface area contributed by atoms with Crippen LogP contribution in [0.1, 0.15) is 48.0 Å². The Balaban J connectivity index is 1.79. The maximum atomic E-state index is 11.6. The summed E-state index contributed by atoms with van der Waals surface area (Å²) in [6, 6.07) is 0.661. The van der Waals surface area contributed by atoms with E-state index in [-0.39, 0.29) is 17.4 Å². The molecule has 0 aromatic carbocycles. The van der Waals surface area contributed by atoms with Crippen molar-refractivity contribution >= 4 is 9.84 Å². The van der Waals surface area contributed by atoms with Gasteiger partial charge in [0.2, 0.25) is 0 Å². The molecule has 1 aliphatic carbocycles. The van der Waals surface area contributed by atoms with Gasteiger partial charge in [0.05, 0.1) is 11.5 Å². The van der Waals surface area contributed by atoms with Gasteiger partial charge in [-0.05, 0) is 33.1 Å². The van der Waals surface area contributed by atoms with Gasteiger partial charge < -0.3 is 5.32 Å². The number of hydrogen-bond donors (Lipinski definition) is 1. The number of nitrogens with zero attached hydrogens (tertiary/aromatic N) is 2. The van der Waals surface area contributed by atoms with Crippen LogP contribution in [0.2, 0.25) is 0 Å². The van der Waals surface area contributed by atoms with Crippen molar-refractivity contribution in [3.05, 3.63) is 22.8 Å². The highest BCUT2D eigenvalue weighted by Crippen LogP contribution is 2.28.